The van der Waals surface area contributed by atoms with Crippen LogP contribution in [0.3, 0.4) is 0 Å². The molecule has 0 radical (unpaired) electrons. The van der Waals surface area contributed by atoms with Gasteiger partial charge in [-0.1, -0.05) is 0 Å². The summed E-state index contributed by atoms with van der Waals surface area (Å²) in [5.74, 6) is 0. The Kier molecular flexibility index (Phi) is 3.96. The van der Waals surface area contributed by atoms with Gasteiger partial charge in [0.05, 0.1) is 22.0 Å². The monoisotopic (exact) mass is 316 g/mol. The summed E-state index contributed by atoms with van der Waals surface area (Å²) in [4.78, 5) is 22.9. The van der Waals surface area contributed by atoms with Crippen LogP contribution in [0.1, 0.15) is 18.9 Å². The fourth-order valence-corrected chi connectivity index (χ4v) is 3.05. The third-order valence-corrected chi connectivity index (χ3v) is 4.15. The van der Waals surface area contributed by atoms with Crippen LogP contribution < -0.4 is 4.90 Å². The minimum atomic E-state index is -0.615. The highest BCUT2D eigenvalue weighted by Crippen LogP contribution is 2.35. The number of non-ortho nitro benzene ring substituents is 1. The van der Waals surface area contributed by atoms with Gasteiger partial charge in [0, 0.05) is 31.5 Å². The van der Waals surface area contributed by atoms with Crippen molar-refractivity contribution in [3.8, 4) is 0 Å². The second kappa shape index (κ2) is 6.07. The van der Waals surface area contributed by atoms with E-state index in [1.165, 1.54) is 12.1 Å². The van der Waals surface area contributed by atoms with Gasteiger partial charge >= 0.3 is 0 Å². The van der Waals surface area contributed by atoms with Gasteiger partial charge in [-0.3, -0.25) is 20.2 Å². The summed E-state index contributed by atoms with van der Waals surface area (Å²) in [6.45, 7) is 1.35. The highest BCUT2D eigenvalue weighted by molar-refractivity contribution is 5.67. The molecule has 1 aliphatic rings. The summed E-state index contributed by atoms with van der Waals surface area (Å²) in [6, 6.07) is 7.99. The molecular weight excluding hydrogens is 300 g/mol. The van der Waals surface area contributed by atoms with Crippen LogP contribution in [-0.4, -0.2) is 27.5 Å². The molecule has 2 heterocycles. The van der Waals surface area contributed by atoms with E-state index in [4.69, 9.17) is 0 Å². The lowest BCUT2D eigenvalue weighted by atomic mass is 10.0. The summed E-state index contributed by atoms with van der Waals surface area (Å²) >= 11 is 0. The molecule has 0 amide bonds. The predicted octanol–water partition coefficient (Wildman–Crippen LogP) is 3.15. The molecule has 23 heavy (non-hydrogen) atoms. The van der Waals surface area contributed by atoms with Crippen molar-refractivity contribution in [3.05, 3.63) is 63.0 Å². The van der Waals surface area contributed by atoms with Gasteiger partial charge in [-0.2, -0.15) is 0 Å². The van der Waals surface area contributed by atoms with Gasteiger partial charge in [0.2, 0.25) is 0 Å². The third kappa shape index (κ3) is 3.01. The standard InChI is InChI=1S/C15H16N4O4/c20-18(21)12-5-6-14(15(10-12)19(22)23)17-9-3-4-13(11-17)16-7-1-2-8-16/h1-2,5-8,10,13H,3-4,9,11H2. The van der Waals surface area contributed by atoms with Gasteiger partial charge in [-0.15, -0.1) is 0 Å². The van der Waals surface area contributed by atoms with E-state index >= 15 is 0 Å². The number of benzene rings is 1. The normalized spacial score (nSPS) is 17.9. The lowest BCUT2D eigenvalue weighted by Gasteiger charge is -2.34. The molecule has 0 aliphatic carbocycles. The summed E-state index contributed by atoms with van der Waals surface area (Å²) in [5.41, 5.74) is -0.0377. The van der Waals surface area contributed by atoms with Crippen molar-refractivity contribution >= 4 is 17.1 Å². The quantitative estimate of drug-likeness (QED) is 0.638. The van der Waals surface area contributed by atoms with E-state index in [0.717, 1.165) is 18.9 Å². The average Bonchev–Trinajstić information content (AvgIpc) is 3.09. The molecular formula is C15H16N4O4. The first kappa shape index (κ1) is 15.0. The molecule has 3 rings (SSSR count). The molecule has 0 bridgehead atoms. The number of rotatable bonds is 4. The van der Waals surface area contributed by atoms with Crippen molar-refractivity contribution in [1.29, 1.82) is 0 Å². The molecule has 8 nitrogen and oxygen atoms in total. The Balaban J connectivity index is 1.91. The average molecular weight is 316 g/mol. The van der Waals surface area contributed by atoms with E-state index in [1.54, 1.807) is 0 Å². The van der Waals surface area contributed by atoms with Crippen molar-refractivity contribution in [1.82, 2.24) is 4.57 Å². The van der Waals surface area contributed by atoms with Gasteiger partial charge < -0.3 is 9.47 Å². The molecule has 1 aromatic carbocycles. The third-order valence-electron chi connectivity index (χ3n) is 4.15. The first-order valence-corrected chi connectivity index (χ1v) is 7.36. The van der Waals surface area contributed by atoms with E-state index in [1.807, 2.05) is 29.4 Å². The van der Waals surface area contributed by atoms with Crippen LogP contribution in [0.2, 0.25) is 0 Å². The molecule has 8 heteroatoms. The smallest absolute Gasteiger partial charge is 0.299 e. The number of nitrogens with zero attached hydrogens (tertiary/aromatic N) is 4. The zero-order chi connectivity index (χ0) is 16.4. The van der Waals surface area contributed by atoms with Crippen LogP contribution in [0.25, 0.3) is 0 Å². The number of hydrogen-bond acceptors (Lipinski definition) is 5. The topological polar surface area (TPSA) is 94.5 Å². The second-order valence-corrected chi connectivity index (χ2v) is 5.56. The molecule has 1 fully saturated rings. The molecule has 0 saturated carbocycles. The van der Waals surface area contributed by atoms with Crippen LogP contribution in [0, 0.1) is 20.2 Å². The summed E-state index contributed by atoms with van der Waals surface area (Å²) in [5, 5.41) is 22.1. The van der Waals surface area contributed by atoms with E-state index < -0.39 is 9.85 Å². The molecule has 1 saturated heterocycles. The Bertz CT molecular complexity index is 729. The fourth-order valence-electron chi connectivity index (χ4n) is 3.05. The molecule has 0 spiro atoms. The van der Waals surface area contributed by atoms with Gasteiger partial charge in [0.15, 0.2) is 0 Å². The number of piperidine rings is 1. The molecule has 120 valence electrons. The van der Waals surface area contributed by atoms with Crippen LogP contribution in [0.4, 0.5) is 17.1 Å². The maximum Gasteiger partial charge on any atom is 0.299 e. The van der Waals surface area contributed by atoms with Crippen molar-refractivity contribution in [2.45, 2.75) is 18.9 Å². The van der Waals surface area contributed by atoms with Crippen molar-refractivity contribution in [2.24, 2.45) is 0 Å². The lowest BCUT2D eigenvalue weighted by molar-refractivity contribution is -0.393. The Labute approximate surface area is 132 Å². The van der Waals surface area contributed by atoms with Crippen LogP contribution in [0.15, 0.2) is 42.7 Å². The minimum Gasteiger partial charge on any atom is -0.364 e. The van der Waals surface area contributed by atoms with Gasteiger partial charge in [-0.05, 0) is 31.0 Å². The molecule has 0 N–H and O–H groups in total. The van der Waals surface area contributed by atoms with E-state index in [2.05, 4.69) is 4.57 Å². The summed E-state index contributed by atoms with van der Waals surface area (Å²) < 4.78 is 2.10. The van der Waals surface area contributed by atoms with Gasteiger partial charge in [0.25, 0.3) is 11.4 Å². The first-order chi connectivity index (χ1) is 11.1. The molecule has 1 atom stereocenters. The largest absolute Gasteiger partial charge is 0.364 e. The maximum atomic E-state index is 11.3. The van der Waals surface area contributed by atoms with Crippen LogP contribution in [0.5, 0.6) is 0 Å². The molecule has 1 aromatic heterocycles. The highest BCUT2D eigenvalue weighted by Gasteiger charge is 2.27. The highest BCUT2D eigenvalue weighted by atomic mass is 16.6. The number of nitro groups is 2. The van der Waals surface area contributed by atoms with Gasteiger partial charge in [-0.25, -0.2) is 0 Å². The summed E-state index contributed by atoms with van der Waals surface area (Å²) in [7, 11) is 0. The molecule has 2 aromatic rings. The predicted molar refractivity (Wildman–Crippen MR) is 84.7 cm³/mol. The van der Waals surface area contributed by atoms with E-state index in [-0.39, 0.29) is 17.4 Å². The Morgan fingerprint density at radius 1 is 1.09 bits per heavy atom. The van der Waals surface area contributed by atoms with Gasteiger partial charge in [0.1, 0.15) is 5.69 Å². The Morgan fingerprint density at radius 3 is 2.48 bits per heavy atom. The SMILES string of the molecule is O=[N+]([O-])c1ccc(N2CCCC(n3cccc3)C2)c([N+](=O)[O-])c1. The second-order valence-electron chi connectivity index (χ2n) is 5.56. The number of anilines is 1. The molecule has 1 aliphatic heterocycles. The zero-order valence-corrected chi connectivity index (χ0v) is 12.4. The van der Waals surface area contributed by atoms with Crippen molar-refractivity contribution < 1.29 is 9.85 Å². The first-order valence-electron chi connectivity index (χ1n) is 7.36. The molecule has 1 unspecified atom stereocenters. The van der Waals surface area contributed by atoms with Crippen molar-refractivity contribution in [2.75, 3.05) is 18.0 Å². The van der Waals surface area contributed by atoms with Crippen molar-refractivity contribution in [3.63, 3.8) is 0 Å². The number of aromatic nitrogens is 1. The van der Waals surface area contributed by atoms with E-state index in [0.29, 0.717) is 18.8 Å². The zero-order valence-electron chi connectivity index (χ0n) is 12.4. The fraction of sp³-hybridized carbons (Fsp3) is 0.333. The summed E-state index contributed by atoms with van der Waals surface area (Å²) in [6.07, 6.45) is 5.89. The lowest BCUT2D eigenvalue weighted by Crippen LogP contribution is -2.36. The van der Waals surface area contributed by atoms with E-state index in [9.17, 15) is 20.2 Å². The Hall–Kier alpha value is -2.90. The Morgan fingerprint density at radius 2 is 1.83 bits per heavy atom. The maximum absolute atomic E-state index is 11.3. The minimum absolute atomic E-state index is 0.215. The number of nitro benzene ring substituents is 2. The van der Waals surface area contributed by atoms with Crippen LogP contribution in [-0.2, 0) is 0 Å². The number of hydrogen-bond donors (Lipinski definition) is 0. The van der Waals surface area contributed by atoms with Crippen LogP contribution >= 0.6 is 0 Å².